The van der Waals surface area contributed by atoms with Crippen LogP contribution >= 0.6 is 0 Å². The van der Waals surface area contributed by atoms with Gasteiger partial charge >= 0.3 is 12.1 Å². The number of ketones is 1. The zero-order valence-electron chi connectivity index (χ0n) is 15.6. The van der Waals surface area contributed by atoms with Crippen molar-refractivity contribution < 1.29 is 23.9 Å². The SMILES string of the molecule is CC(OC(=O)C(C(C)C)N(C)C)OC(=O)N(C)C1CCCCC1=O. The Morgan fingerprint density at radius 1 is 1.08 bits per heavy atom. The van der Waals surface area contributed by atoms with Crippen LogP contribution in [0.5, 0.6) is 0 Å². The second kappa shape index (κ2) is 9.01. The molecular formula is C17H30N2O5. The monoisotopic (exact) mass is 342 g/mol. The molecule has 0 bridgehead atoms. The first kappa shape index (κ1) is 20.4. The molecule has 0 aromatic rings. The Hall–Kier alpha value is -1.63. The number of hydrogen-bond acceptors (Lipinski definition) is 6. The van der Waals surface area contributed by atoms with Crippen LogP contribution in [0.1, 0.15) is 46.5 Å². The maximum atomic E-state index is 12.2. The highest BCUT2D eigenvalue weighted by molar-refractivity contribution is 5.87. The molecule has 138 valence electrons. The third-order valence-corrected chi connectivity index (χ3v) is 4.26. The fourth-order valence-corrected chi connectivity index (χ4v) is 3.06. The fraction of sp³-hybridized carbons (Fsp3) is 0.824. The summed E-state index contributed by atoms with van der Waals surface area (Å²) < 4.78 is 10.4. The molecule has 0 aliphatic heterocycles. The second-order valence-corrected chi connectivity index (χ2v) is 6.88. The zero-order valence-corrected chi connectivity index (χ0v) is 15.6. The summed E-state index contributed by atoms with van der Waals surface area (Å²) >= 11 is 0. The highest BCUT2D eigenvalue weighted by Crippen LogP contribution is 2.20. The van der Waals surface area contributed by atoms with Gasteiger partial charge < -0.3 is 14.4 Å². The first-order valence-electron chi connectivity index (χ1n) is 8.48. The Labute approximate surface area is 144 Å². The van der Waals surface area contributed by atoms with E-state index in [9.17, 15) is 14.4 Å². The summed E-state index contributed by atoms with van der Waals surface area (Å²) in [5.41, 5.74) is 0. The number of hydrogen-bond donors (Lipinski definition) is 0. The van der Waals surface area contributed by atoms with Crippen LogP contribution in [0.2, 0.25) is 0 Å². The summed E-state index contributed by atoms with van der Waals surface area (Å²) in [5.74, 6) is -0.317. The number of esters is 1. The van der Waals surface area contributed by atoms with E-state index in [1.807, 2.05) is 13.8 Å². The number of Topliss-reactive ketones (excluding diaryl/α,β-unsaturated/α-hetero) is 1. The molecular weight excluding hydrogens is 312 g/mol. The van der Waals surface area contributed by atoms with Gasteiger partial charge in [-0.1, -0.05) is 20.3 Å². The average Bonchev–Trinajstić information content (AvgIpc) is 2.45. The maximum Gasteiger partial charge on any atom is 0.413 e. The molecule has 1 aliphatic carbocycles. The Morgan fingerprint density at radius 2 is 1.71 bits per heavy atom. The number of amides is 1. The number of rotatable bonds is 6. The molecule has 1 saturated carbocycles. The van der Waals surface area contributed by atoms with Crippen LogP contribution in [0, 0.1) is 5.92 Å². The fourth-order valence-electron chi connectivity index (χ4n) is 3.06. The molecule has 24 heavy (non-hydrogen) atoms. The lowest BCUT2D eigenvalue weighted by atomic mass is 9.93. The maximum absolute atomic E-state index is 12.2. The molecule has 3 atom stereocenters. The van der Waals surface area contributed by atoms with Gasteiger partial charge in [0.15, 0.2) is 5.78 Å². The summed E-state index contributed by atoms with van der Waals surface area (Å²) in [4.78, 5) is 39.4. The van der Waals surface area contributed by atoms with Gasteiger partial charge in [0.1, 0.15) is 6.04 Å². The minimum Gasteiger partial charge on any atom is -0.424 e. The molecule has 0 aromatic carbocycles. The van der Waals surface area contributed by atoms with Crippen molar-refractivity contribution in [1.29, 1.82) is 0 Å². The minimum absolute atomic E-state index is 0.0535. The summed E-state index contributed by atoms with van der Waals surface area (Å²) in [6.07, 6.45) is 1.26. The summed E-state index contributed by atoms with van der Waals surface area (Å²) in [6.45, 7) is 5.34. The molecule has 0 N–H and O–H groups in total. The topological polar surface area (TPSA) is 76.2 Å². The molecule has 3 unspecified atom stereocenters. The van der Waals surface area contributed by atoms with Gasteiger partial charge in [0.25, 0.3) is 0 Å². The summed E-state index contributed by atoms with van der Waals surface area (Å²) in [7, 11) is 5.14. The first-order chi connectivity index (χ1) is 11.1. The van der Waals surface area contributed by atoms with Crippen molar-refractivity contribution in [2.24, 2.45) is 5.92 Å². The normalized spacial score (nSPS) is 20.7. The lowest BCUT2D eigenvalue weighted by molar-refractivity contribution is -0.173. The van der Waals surface area contributed by atoms with E-state index in [4.69, 9.17) is 9.47 Å². The molecule has 1 rings (SSSR count). The Morgan fingerprint density at radius 3 is 2.21 bits per heavy atom. The molecule has 0 saturated heterocycles. The summed E-state index contributed by atoms with van der Waals surface area (Å²) in [6, 6.07) is -0.858. The van der Waals surface area contributed by atoms with E-state index in [2.05, 4.69) is 0 Å². The van der Waals surface area contributed by atoms with E-state index < -0.39 is 30.4 Å². The van der Waals surface area contributed by atoms with Crippen molar-refractivity contribution in [2.45, 2.75) is 64.8 Å². The number of nitrogens with zero attached hydrogens (tertiary/aromatic N) is 2. The van der Waals surface area contributed by atoms with E-state index in [0.717, 1.165) is 12.8 Å². The van der Waals surface area contributed by atoms with E-state index >= 15 is 0 Å². The standard InChI is InChI=1S/C17H30N2O5/c1-11(2)15(18(4)5)16(21)23-12(3)24-17(22)19(6)13-9-7-8-10-14(13)20/h11-13,15H,7-10H2,1-6H3. The molecule has 1 aliphatic rings. The van der Waals surface area contributed by atoms with Gasteiger partial charge in [-0.2, -0.15) is 0 Å². The quantitative estimate of drug-likeness (QED) is 0.543. The van der Waals surface area contributed by atoms with Crippen molar-refractivity contribution >= 4 is 17.8 Å². The zero-order chi connectivity index (χ0) is 18.4. The highest BCUT2D eigenvalue weighted by atomic mass is 16.7. The Kier molecular flexibility index (Phi) is 7.66. The van der Waals surface area contributed by atoms with E-state index in [1.54, 1.807) is 26.0 Å². The third-order valence-electron chi connectivity index (χ3n) is 4.26. The van der Waals surface area contributed by atoms with E-state index in [0.29, 0.717) is 12.8 Å². The van der Waals surface area contributed by atoms with Crippen molar-refractivity contribution in [3.8, 4) is 0 Å². The van der Waals surface area contributed by atoms with Gasteiger partial charge in [-0.3, -0.25) is 14.5 Å². The Balaban J connectivity index is 2.57. The lowest BCUT2D eigenvalue weighted by Gasteiger charge is -2.31. The van der Waals surface area contributed by atoms with Crippen LogP contribution in [-0.2, 0) is 19.1 Å². The lowest BCUT2D eigenvalue weighted by Crippen LogP contribution is -2.46. The van der Waals surface area contributed by atoms with Gasteiger partial charge in [-0.05, 0) is 32.9 Å². The largest absolute Gasteiger partial charge is 0.424 e. The molecule has 1 amide bonds. The number of carbonyl (C=O) groups is 3. The van der Waals surface area contributed by atoms with E-state index in [-0.39, 0.29) is 11.7 Å². The average molecular weight is 342 g/mol. The summed E-state index contributed by atoms with van der Waals surface area (Å²) in [5, 5.41) is 0. The predicted octanol–water partition coefficient (Wildman–Crippen LogP) is 2.04. The van der Waals surface area contributed by atoms with Gasteiger partial charge in [0.05, 0.1) is 6.04 Å². The second-order valence-electron chi connectivity index (χ2n) is 6.88. The Bertz CT molecular complexity index is 456. The highest BCUT2D eigenvalue weighted by Gasteiger charge is 2.32. The molecule has 7 nitrogen and oxygen atoms in total. The van der Waals surface area contributed by atoms with Crippen LogP contribution in [-0.4, -0.2) is 67.2 Å². The van der Waals surface area contributed by atoms with Crippen LogP contribution in [0.3, 0.4) is 0 Å². The predicted molar refractivity (Wildman–Crippen MR) is 89.4 cm³/mol. The number of ether oxygens (including phenoxy) is 2. The number of carbonyl (C=O) groups excluding carboxylic acids is 3. The van der Waals surface area contributed by atoms with Crippen molar-refractivity contribution in [3.63, 3.8) is 0 Å². The third kappa shape index (κ3) is 5.47. The molecule has 0 heterocycles. The van der Waals surface area contributed by atoms with Gasteiger partial charge in [-0.15, -0.1) is 0 Å². The molecule has 1 fully saturated rings. The smallest absolute Gasteiger partial charge is 0.413 e. The van der Waals surface area contributed by atoms with Gasteiger partial charge in [0.2, 0.25) is 6.29 Å². The van der Waals surface area contributed by atoms with Crippen LogP contribution < -0.4 is 0 Å². The molecule has 7 heteroatoms. The van der Waals surface area contributed by atoms with E-state index in [1.165, 1.54) is 11.8 Å². The minimum atomic E-state index is -1.01. The van der Waals surface area contributed by atoms with Crippen LogP contribution in [0.15, 0.2) is 0 Å². The van der Waals surface area contributed by atoms with Gasteiger partial charge in [-0.25, -0.2) is 4.79 Å². The van der Waals surface area contributed by atoms with Crippen molar-refractivity contribution in [2.75, 3.05) is 21.1 Å². The van der Waals surface area contributed by atoms with Crippen molar-refractivity contribution in [1.82, 2.24) is 9.80 Å². The molecule has 0 radical (unpaired) electrons. The molecule has 0 spiro atoms. The van der Waals surface area contributed by atoms with Gasteiger partial charge in [0, 0.05) is 20.4 Å². The van der Waals surface area contributed by atoms with Crippen LogP contribution in [0.25, 0.3) is 0 Å². The number of likely N-dealkylation sites (N-methyl/N-ethyl adjacent to an activating group) is 2. The van der Waals surface area contributed by atoms with Crippen LogP contribution in [0.4, 0.5) is 4.79 Å². The first-order valence-corrected chi connectivity index (χ1v) is 8.48. The molecule has 0 aromatic heterocycles. The van der Waals surface area contributed by atoms with Crippen molar-refractivity contribution in [3.05, 3.63) is 0 Å².